The van der Waals surface area contributed by atoms with Crippen molar-refractivity contribution < 1.29 is 14.1 Å². The molecule has 1 heterocycles. The zero-order valence-corrected chi connectivity index (χ0v) is 21.1. The summed E-state index contributed by atoms with van der Waals surface area (Å²) < 4.78 is 15.1. The van der Waals surface area contributed by atoms with E-state index < -0.39 is 11.0 Å². The molecular formula is C26H25FN6O3S. The number of aromatic nitrogens is 3. The van der Waals surface area contributed by atoms with Crippen LogP contribution in [0.3, 0.4) is 0 Å². The summed E-state index contributed by atoms with van der Waals surface area (Å²) in [5, 5.41) is 23.6. The van der Waals surface area contributed by atoms with Gasteiger partial charge in [-0.3, -0.25) is 14.7 Å². The maximum atomic E-state index is 13.3. The number of nitro groups is 1. The Morgan fingerprint density at radius 1 is 1.03 bits per heavy atom. The molecule has 0 aliphatic rings. The predicted octanol–water partition coefficient (Wildman–Crippen LogP) is 5.16. The van der Waals surface area contributed by atoms with E-state index in [1.165, 1.54) is 40.9 Å². The normalized spacial score (nSPS) is 11.6. The number of non-ortho nitro benzene ring substituents is 1. The van der Waals surface area contributed by atoms with Crippen molar-refractivity contribution in [3.05, 3.63) is 112 Å². The summed E-state index contributed by atoms with van der Waals surface area (Å²) in [6.45, 7) is 0. The lowest BCUT2D eigenvalue weighted by molar-refractivity contribution is -0.384. The first kappa shape index (κ1) is 25.8. The number of nitrogens with zero attached hydrogens (tertiary/aromatic N) is 5. The highest BCUT2D eigenvalue weighted by molar-refractivity contribution is 7.98. The quantitative estimate of drug-likeness (QED) is 0.186. The number of benzene rings is 3. The van der Waals surface area contributed by atoms with Crippen LogP contribution in [0.4, 0.5) is 14.9 Å². The summed E-state index contributed by atoms with van der Waals surface area (Å²) in [5.41, 5.74) is 2.46. The van der Waals surface area contributed by atoms with Gasteiger partial charge in [-0.05, 0) is 35.4 Å². The van der Waals surface area contributed by atoms with Gasteiger partial charge >= 0.3 is 6.03 Å². The Morgan fingerprint density at radius 2 is 1.70 bits per heavy atom. The van der Waals surface area contributed by atoms with Crippen LogP contribution in [0, 0.1) is 15.9 Å². The minimum Gasteiger partial charge on any atom is -0.331 e. The second-order valence-corrected chi connectivity index (χ2v) is 9.39. The zero-order chi connectivity index (χ0) is 26.4. The monoisotopic (exact) mass is 520 g/mol. The fourth-order valence-corrected chi connectivity index (χ4v) is 4.54. The molecule has 190 valence electrons. The molecule has 0 radical (unpaired) electrons. The third-order valence-electron chi connectivity index (χ3n) is 5.56. The van der Waals surface area contributed by atoms with E-state index in [2.05, 4.69) is 15.5 Å². The van der Waals surface area contributed by atoms with E-state index in [0.717, 1.165) is 11.1 Å². The summed E-state index contributed by atoms with van der Waals surface area (Å²) in [6.07, 6.45) is 0.453. The minimum absolute atomic E-state index is 0.0411. The summed E-state index contributed by atoms with van der Waals surface area (Å²) in [6, 6.07) is 21.1. The molecule has 0 spiro atoms. The topological polar surface area (TPSA) is 106 Å². The predicted molar refractivity (Wildman–Crippen MR) is 139 cm³/mol. The lowest BCUT2D eigenvalue weighted by Gasteiger charge is -2.22. The Balaban J connectivity index is 1.75. The summed E-state index contributed by atoms with van der Waals surface area (Å²) in [4.78, 5) is 24.9. The van der Waals surface area contributed by atoms with E-state index in [0.29, 0.717) is 28.8 Å². The molecule has 9 nitrogen and oxygen atoms in total. The molecule has 2 amide bonds. The van der Waals surface area contributed by atoms with Crippen LogP contribution in [-0.2, 0) is 12.2 Å². The molecule has 37 heavy (non-hydrogen) atoms. The van der Waals surface area contributed by atoms with E-state index in [-0.39, 0.29) is 17.5 Å². The SMILES string of the molecule is CN(C)C(=O)NC(Cc1ccccc1)c1nnc(SCc2ccc(F)cc2)n1-c1ccc([N+](=O)[O-])cc1. The van der Waals surface area contributed by atoms with Crippen molar-refractivity contribution in [3.63, 3.8) is 0 Å². The maximum absolute atomic E-state index is 13.3. The molecular weight excluding hydrogens is 495 g/mol. The standard InChI is InChI=1S/C26H25FN6O3S/c1-31(2)25(34)28-23(16-18-6-4-3-5-7-18)24-29-30-26(37-17-19-8-10-20(27)11-9-19)32(24)21-12-14-22(15-13-21)33(35)36/h3-15,23H,16-17H2,1-2H3,(H,28,34). The number of urea groups is 1. The Kier molecular flexibility index (Phi) is 8.14. The van der Waals surface area contributed by atoms with Crippen LogP contribution in [0.1, 0.15) is 23.0 Å². The van der Waals surface area contributed by atoms with Crippen molar-refractivity contribution in [1.82, 2.24) is 25.0 Å². The molecule has 0 aliphatic carbocycles. The molecule has 0 aliphatic heterocycles. The molecule has 0 saturated carbocycles. The number of carbonyl (C=O) groups is 1. The van der Waals surface area contributed by atoms with Crippen LogP contribution < -0.4 is 5.32 Å². The van der Waals surface area contributed by atoms with E-state index in [1.807, 2.05) is 30.3 Å². The fourth-order valence-electron chi connectivity index (χ4n) is 3.63. The van der Waals surface area contributed by atoms with Crippen LogP contribution in [-0.4, -0.2) is 44.7 Å². The molecule has 1 N–H and O–H groups in total. The number of thioether (sulfide) groups is 1. The molecule has 3 aromatic carbocycles. The van der Waals surface area contributed by atoms with Gasteiger partial charge in [0.1, 0.15) is 5.82 Å². The second kappa shape index (κ2) is 11.7. The summed E-state index contributed by atoms with van der Waals surface area (Å²) in [5.74, 6) is 0.665. The van der Waals surface area contributed by atoms with Gasteiger partial charge in [0, 0.05) is 44.1 Å². The minimum atomic E-state index is -0.542. The van der Waals surface area contributed by atoms with Gasteiger partial charge < -0.3 is 10.2 Å². The molecule has 0 saturated heterocycles. The van der Waals surface area contributed by atoms with E-state index in [1.54, 1.807) is 42.9 Å². The number of hydrogen-bond donors (Lipinski definition) is 1. The third-order valence-corrected chi connectivity index (χ3v) is 6.56. The van der Waals surface area contributed by atoms with E-state index >= 15 is 0 Å². The van der Waals surface area contributed by atoms with Crippen molar-refractivity contribution in [2.75, 3.05) is 14.1 Å². The molecule has 0 bridgehead atoms. The van der Waals surface area contributed by atoms with Crippen molar-refractivity contribution in [3.8, 4) is 5.69 Å². The summed E-state index contributed by atoms with van der Waals surface area (Å²) >= 11 is 1.39. The van der Waals surface area contributed by atoms with Gasteiger partial charge in [-0.2, -0.15) is 0 Å². The number of rotatable bonds is 9. The highest BCUT2D eigenvalue weighted by Crippen LogP contribution is 2.30. The lowest BCUT2D eigenvalue weighted by Crippen LogP contribution is -2.39. The van der Waals surface area contributed by atoms with Gasteiger partial charge in [0.25, 0.3) is 5.69 Å². The number of carbonyl (C=O) groups excluding carboxylic acids is 1. The van der Waals surface area contributed by atoms with Crippen LogP contribution in [0.5, 0.6) is 0 Å². The van der Waals surface area contributed by atoms with Gasteiger partial charge in [0.2, 0.25) is 0 Å². The number of halogens is 1. The van der Waals surface area contributed by atoms with E-state index in [4.69, 9.17) is 0 Å². The van der Waals surface area contributed by atoms with Gasteiger partial charge in [-0.1, -0.05) is 54.2 Å². The Bertz CT molecular complexity index is 1360. The number of nitro benzene ring substituents is 1. The van der Waals surface area contributed by atoms with Gasteiger partial charge in [-0.25, -0.2) is 9.18 Å². The molecule has 4 aromatic rings. The average molecular weight is 521 g/mol. The Hall–Kier alpha value is -4.25. The first-order valence-electron chi connectivity index (χ1n) is 11.4. The number of nitrogens with one attached hydrogen (secondary N) is 1. The third kappa shape index (κ3) is 6.50. The lowest BCUT2D eigenvalue weighted by atomic mass is 10.1. The summed E-state index contributed by atoms with van der Waals surface area (Å²) in [7, 11) is 3.31. The first-order valence-corrected chi connectivity index (χ1v) is 12.4. The highest BCUT2D eigenvalue weighted by atomic mass is 32.2. The zero-order valence-electron chi connectivity index (χ0n) is 20.2. The van der Waals surface area contributed by atoms with Gasteiger partial charge in [0.05, 0.1) is 11.0 Å². The molecule has 11 heteroatoms. The Labute approximate surface area is 217 Å². The number of amides is 2. The molecule has 1 aromatic heterocycles. The highest BCUT2D eigenvalue weighted by Gasteiger charge is 2.26. The van der Waals surface area contributed by atoms with Gasteiger partial charge in [0.15, 0.2) is 11.0 Å². The van der Waals surface area contributed by atoms with Crippen LogP contribution in [0.15, 0.2) is 84.0 Å². The van der Waals surface area contributed by atoms with Crippen LogP contribution in [0.2, 0.25) is 0 Å². The van der Waals surface area contributed by atoms with Crippen molar-refractivity contribution in [2.45, 2.75) is 23.4 Å². The largest absolute Gasteiger partial charge is 0.331 e. The maximum Gasteiger partial charge on any atom is 0.317 e. The number of hydrogen-bond acceptors (Lipinski definition) is 6. The van der Waals surface area contributed by atoms with Crippen molar-refractivity contribution in [1.29, 1.82) is 0 Å². The van der Waals surface area contributed by atoms with Crippen molar-refractivity contribution in [2.24, 2.45) is 0 Å². The molecule has 4 rings (SSSR count). The average Bonchev–Trinajstić information content (AvgIpc) is 3.32. The second-order valence-electron chi connectivity index (χ2n) is 8.45. The van der Waals surface area contributed by atoms with Crippen LogP contribution in [0.25, 0.3) is 5.69 Å². The van der Waals surface area contributed by atoms with Crippen molar-refractivity contribution >= 4 is 23.5 Å². The van der Waals surface area contributed by atoms with E-state index in [9.17, 15) is 19.3 Å². The van der Waals surface area contributed by atoms with Crippen LogP contribution >= 0.6 is 11.8 Å². The molecule has 1 unspecified atom stereocenters. The smallest absolute Gasteiger partial charge is 0.317 e. The first-order chi connectivity index (χ1) is 17.8. The van der Waals surface area contributed by atoms with Gasteiger partial charge in [-0.15, -0.1) is 10.2 Å². The molecule has 0 fully saturated rings. The molecule has 1 atom stereocenters. The Morgan fingerprint density at radius 3 is 2.32 bits per heavy atom. The fraction of sp³-hybridized carbons (Fsp3) is 0.192.